The lowest BCUT2D eigenvalue weighted by Gasteiger charge is -2.11. The van der Waals surface area contributed by atoms with Gasteiger partial charge in [-0.2, -0.15) is 0 Å². The van der Waals surface area contributed by atoms with Gasteiger partial charge in [0.05, 0.1) is 0 Å². The van der Waals surface area contributed by atoms with E-state index >= 15 is 0 Å². The van der Waals surface area contributed by atoms with Crippen LogP contribution in [0.4, 0.5) is 0 Å². The molecule has 0 fully saturated rings. The van der Waals surface area contributed by atoms with E-state index in [4.69, 9.17) is 0 Å². The van der Waals surface area contributed by atoms with Crippen molar-refractivity contribution in [3.05, 3.63) is 90.5 Å². The van der Waals surface area contributed by atoms with Crippen molar-refractivity contribution in [3.63, 3.8) is 0 Å². The average Bonchev–Trinajstić information content (AvgIpc) is 3.14. The lowest BCUT2D eigenvalue weighted by molar-refractivity contribution is -0.710. The number of imidazole rings is 1. The highest BCUT2D eigenvalue weighted by Gasteiger charge is 2.29. The number of hydrogen-bond acceptors (Lipinski definition) is 2. The first-order valence-corrected chi connectivity index (χ1v) is 8.66. The van der Waals surface area contributed by atoms with E-state index in [2.05, 4.69) is 0 Å². The third-order valence-electron chi connectivity index (χ3n) is 4.51. The van der Waals surface area contributed by atoms with Crippen LogP contribution in [0.3, 0.4) is 0 Å². The smallest absolute Gasteiger partial charge is 0.349 e. The Labute approximate surface area is 156 Å². The van der Waals surface area contributed by atoms with Gasteiger partial charge in [-0.25, -0.2) is 18.7 Å². The molecule has 0 radical (unpaired) electrons. The van der Waals surface area contributed by atoms with Gasteiger partial charge >= 0.3 is 11.9 Å². The average molecular weight is 365 g/mol. The van der Waals surface area contributed by atoms with Gasteiger partial charge in [-0.15, -0.1) is 0 Å². The maximum Gasteiger partial charge on any atom is 0.349 e. The minimum absolute atomic E-state index is 0.321. The molecule has 2 aromatic carbocycles. The van der Waals surface area contributed by atoms with E-state index < -0.39 is 24.0 Å². The molecule has 0 amide bonds. The van der Waals surface area contributed by atoms with E-state index in [1.165, 1.54) is 0 Å². The Morgan fingerprint density at radius 2 is 1.41 bits per heavy atom. The minimum atomic E-state index is -0.962. The highest BCUT2D eigenvalue weighted by atomic mass is 16.4. The van der Waals surface area contributed by atoms with Crippen LogP contribution >= 0.6 is 0 Å². The second kappa shape index (κ2) is 8.31. The van der Waals surface area contributed by atoms with Crippen molar-refractivity contribution in [2.45, 2.75) is 24.9 Å². The third kappa shape index (κ3) is 4.61. The fourth-order valence-corrected chi connectivity index (χ4v) is 3.07. The van der Waals surface area contributed by atoms with E-state index in [9.17, 15) is 19.8 Å². The zero-order valence-corrected chi connectivity index (χ0v) is 14.7. The number of hydrogen-bond donors (Lipinski definition) is 2. The van der Waals surface area contributed by atoms with E-state index in [0.29, 0.717) is 12.8 Å². The second-order valence-corrected chi connectivity index (χ2v) is 6.40. The first-order chi connectivity index (χ1) is 13.0. The molecule has 0 aliphatic heterocycles. The molecular weight excluding hydrogens is 344 g/mol. The molecular formula is C21H21N2O4+. The first-order valence-electron chi connectivity index (χ1n) is 8.66. The van der Waals surface area contributed by atoms with Gasteiger partial charge in [0.1, 0.15) is 12.4 Å². The molecule has 0 aliphatic carbocycles. The highest BCUT2D eigenvalue weighted by Crippen LogP contribution is 2.16. The van der Waals surface area contributed by atoms with Crippen molar-refractivity contribution in [1.82, 2.24) is 4.57 Å². The molecule has 3 rings (SSSR count). The Morgan fingerprint density at radius 3 is 1.93 bits per heavy atom. The molecule has 0 saturated carbocycles. The first kappa shape index (κ1) is 18.4. The molecule has 6 heteroatoms. The van der Waals surface area contributed by atoms with Crippen LogP contribution in [-0.2, 0) is 22.4 Å². The van der Waals surface area contributed by atoms with Crippen LogP contribution < -0.4 is 4.57 Å². The van der Waals surface area contributed by atoms with E-state index in [0.717, 1.165) is 11.1 Å². The summed E-state index contributed by atoms with van der Waals surface area (Å²) in [5.41, 5.74) is 1.81. The predicted molar refractivity (Wildman–Crippen MR) is 98.3 cm³/mol. The normalized spacial score (nSPS) is 13.0. The molecule has 2 N–H and O–H groups in total. The molecule has 3 aromatic rings. The number of aromatic nitrogens is 2. The van der Waals surface area contributed by atoms with Crippen molar-refractivity contribution in [2.75, 3.05) is 0 Å². The van der Waals surface area contributed by atoms with Gasteiger partial charge in [-0.1, -0.05) is 60.7 Å². The van der Waals surface area contributed by atoms with Crippen molar-refractivity contribution in [1.29, 1.82) is 0 Å². The Balaban J connectivity index is 1.83. The Morgan fingerprint density at radius 1 is 0.852 bits per heavy atom. The molecule has 6 nitrogen and oxygen atoms in total. The van der Waals surface area contributed by atoms with Crippen LogP contribution in [0.1, 0.15) is 23.2 Å². The van der Waals surface area contributed by atoms with Crippen LogP contribution in [0.25, 0.3) is 0 Å². The number of aliphatic carboxylic acids is 2. The molecule has 2 atom stereocenters. The number of rotatable bonds is 8. The van der Waals surface area contributed by atoms with Crippen molar-refractivity contribution in [3.8, 4) is 0 Å². The molecule has 1 heterocycles. The van der Waals surface area contributed by atoms with Gasteiger partial charge in [-0.05, 0) is 11.1 Å². The molecule has 1 aromatic heterocycles. The second-order valence-electron chi connectivity index (χ2n) is 6.40. The van der Waals surface area contributed by atoms with Gasteiger partial charge in [0, 0.05) is 12.8 Å². The van der Waals surface area contributed by atoms with Crippen molar-refractivity contribution in [2.24, 2.45) is 0 Å². The van der Waals surface area contributed by atoms with Crippen LogP contribution in [0, 0.1) is 0 Å². The van der Waals surface area contributed by atoms with Crippen LogP contribution in [-0.4, -0.2) is 26.7 Å². The van der Waals surface area contributed by atoms with Gasteiger partial charge in [-0.3, -0.25) is 0 Å². The maximum absolute atomic E-state index is 11.8. The number of carboxylic acids is 2. The van der Waals surface area contributed by atoms with Crippen LogP contribution in [0.5, 0.6) is 0 Å². The Hall–Kier alpha value is -3.41. The molecule has 27 heavy (non-hydrogen) atoms. The maximum atomic E-state index is 11.8. The summed E-state index contributed by atoms with van der Waals surface area (Å²) in [6.07, 6.45) is 5.43. The van der Waals surface area contributed by atoms with E-state index in [1.54, 1.807) is 27.9 Å². The summed E-state index contributed by atoms with van der Waals surface area (Å²) in [5.74, 6) is -1.92. The summed E-state index contributed by atoms with van der Waals surface area (Å²) < 4.78 is 3.10. The summed E-state index contributed by atoms with van der Waals surface area (Å²) in [4.78, 5) is 23.5. The standard InChI is InChI=1S/C21H20N2O4/c24-20(25)18(13-16-7-3-1-4-8-16)22-11-12-23(15-22)19(21(26)27)14-17-9-5-2-6-10-17/h1-12,15,18-19H,13-14H2,(H-,24,25,26,27)/p+1/t18-,19-/m0/s1. The number of carbonyl (C=O) groups is 2. The molecule has 0 bridgehead atoms. The summed E-state index contributed by atoms with van der Waals surface area (Å²) in [5, 5.41) is 19.3. The van der Waals surface area contributed by atoms with Crippen molar-refractivity contribution >= 4 is 11.9 Å². The zero-order chi connectivity index (χ0) is 19.2. The highest BCUT2D eigenvalue weighted by molar-refractivity contribution is 5.72. The summed E-state index contributed by atoms with van der Waals surface area (Å²) in [7, 11) is 0. The summed E-state index contributed by atoms with van der Waals surface area (Å²) in [6.45, 7) is 0. The quantitative estimate of drug-likeness (QED) is 0.601. The van der Waals surface area contributed by atoms with Gasteiger partial charge in [0.15, 0.2) is 0 Å². The van der Waals surface area contributed by atoms with E-state index in [1.807, 2.05) is 60.7 Å². The van der Waals surface area contributed by atoms with Crippen LogP contribution in [0.2, 0.25) is 0 Å². The SMILES string of the molecule is O=C(O)[C@H](Cc1ccccc1)n1cc[n+]([C@@H](Cc2ccccc2)C(=O)O)c1. The van der Waals surface area contributed by atoms with Gasteiger partial charge in [0.25, 0.3) is 0 Å². The Kier molecular flexibility index (Phi) is 5.66. The lowest BCUT2D eigenvalue weighted by Crippen LogP contribution is -2.44. The molecule has 138 valence electrons. The van der Waals surface area contributed by atoms with Crippen molar-refractivity contribution < 1.29 is 24.4 Å². The molecule has 0 saturated heterocycles. The van der Waals surface area contributed by atoms with Crippen LogP contribution in [0.15, 0.2) is 79.4 Å². The third-order valence-corrected chi connectivity index (χ3v) is 4.51. The van der Waals surface area contributed by atoms with Gasteiger partial charge < -0.3 is 10.2 Å². The number of benzene rings is 2. The minimum Gasteiger partial charge on any atom is -0.478 e. The molecule has 0 aliphatic rings. The van der Waals surface area contributed by atoms with Gasteiger partial charge in [0.2, 0.25) is 18.4 Å². The fraction of sp³-hybridized carbons (Fsp3) is 0.190. The zero-order valence-electron chi connectivity index (χ0n) is 14.7. The molecule has 0 spiro atoms. The number of carboxylic acid groups (broad SMARTS) is 2. The lowest BCUT2D eigenvalue weighted by atomic mass is 10.1. The monoisotopic (exact) mass is 365 g/mol. The number of nitrogens with zero attached hydrogens (tertiary/aromatic N) is 2. The summed E-state index contributed by atoms with van der Waals surface area (Å²) >= 11 is 0. The largest absolute Gasteiger partial charge is 0.478 e. The molecule has 0 unspecified atom stereocenters. The topological polar surface area (TPSA) is 83.4 Å². The van der Waals surface area contributed by atoms with E-state index in [-0.39, 0.29) is 0 Å². The fourth-order valence-electron chi connectivity index (χ4n) is 3.07. The predicted octanol–water partition coefficient (Wildman–Crippen LogP) is 2.51. The Bertz CT molecular complexity index is 832. The summed E-state index contributed by atoms with van der Waals surface area (Å²) in [6, 6.07) is 17.1.